The van der Waals surface area contributed by atoms with Crippen LogP contribution < -0.4 is 23.8 Å². The number of carbonyl (C=O) groups is 3. The van der Waals surface area contributed by atoms with E-state index in [1.54, 1.807) is 12.1 Å². The number of amides is 2. The molecule has 166 valence electrons. The zero-order valence-corrected chi connectivity index (χ0v) is 16.8. The van der Waals surface area contributed by atoms with Crippen molar-refractivity contribution < 1.29 is 43.5 Å². The van der Waals surface area contributed by atoms with E-state index in [2.05, 4.69) is 0 Å². The first-order valence-electron chi connectivity index (χ1n) is 9.67. The summed E-state index contributed by atoms with van der Waals surface area (Å²) in [6.07, 6.45) is 0. The molecule has 0 bridgehead atoms. The Kier molecular flexibility index (Phi) is 4.74. The minimum Gasteiger partial charge on any atom is -0.507 e. The third-order valence-electron chi connectivity index (χ3n) is 5.12. The highest BCUT2D eigenvalue weighted by molar-refractivity contribution is 6.26. The summed E-state index contributed by atoms with van der Waals surface area (Å²) < 4.78 is 21.2. The maximum absolute atomic E-state index is 13.5. The molecule has 2 heterocycles. The molecule has 0 fully saturated rings. The van der Waals surface area contributed by atoms with Crippen LogP contribution in [-0.4, -0.2) is 41.6 Å². The predicted molar refractivity (Wildman–Crippen MR) is 111 cm³/mol. The number of hydrogen-bond donors (Lipinski definition) is 2. The Morgan fingerprint density at radius 1 is 0.697 bits per heavy atom. The van der Waals surface area contributed by atoms with E-state index in [1.165, 1.54) is 30.3 Å². The Bertz CT molecular complexity index is 1250. The van der Waals surface area contributed by atoms with Crippen molar-refractivity contribution in [2.24, 2.45) is 0 Å². The van der Waals surface area contributed by atoms with E-state index in [0.29, 0.717) is 23.0 Å². The average Bonchev–Trinajstić information content (AvgIpc) is 3.47. The van der Waals surface area contributed by atoms with Gasteiger partial charge in [-0.15, -0.1) is 0 Å². The van der Waals surface area contributed by atoms with Gasteiger partial charge in [-0.25, -0.2) is 9.69 Å². The largest absolute Gasteiger partial charge is 0.507 e. The predicted octanol–water partition coefficient (Wildman–Crippen LogP) is 3.04. The van der Waals surface area contributed by atoms with Gasteiger partial charge in [0, 0.05) is 17.2 Å². The van der Waals surface area contributed by atoms with Crippen LogP contribution in [0.1, 0.15) is 31.1 Å². The number of benzene rings is 3. The quantitative estimate of drug-likeness (QED) is 0.577. The van der Waals surface area contributed by atoms with Gasteiger partial charge in [-0.05, 0) is 48.5 Å². The fourth-order valence-electron chi connectivity index (χ4n) is 3.48. The minimum absolute atomic E-state index is 0.0113. The maximum Gasteiger partial charge on any atom is 0.339 e. The van der Waals surface area contributed by atoms with E-state index < -0.39 is 23.5 Å². The van der Waals surface area contributed by atoms with E-state index in [9.17, 15) is 24.6 Å². The lowest BCUT2D eigenvalue weighted by Gasteiger charge is -2.22. The van der Waals surface area contributed by atoms with Crippen LogP contribution in [0.15, 0.2) is 54.6 Å². The van der Waals surface area contributed by atoms with Crippen molar-refractivity contribution in [3.63, 3.8) is 0 Å². The van der Waals surface area contributed by atoms with Crippen LogP contribution in [0, 0.1) is 0 Å². The highest BCUT2D eigenvalue weighted by atomic mass is 16.7. The summed E-state index contributed by atoms with van der Waals surface area (Å²) in [7, 11) is 0. The maximum atomic E-state index is 13.5. The van der Waals surface area contributed by atoms with E-state index >= 15 is 0 Å². The van der Waals surface area contributed by atoms with E-state index in [1.807, 2.05) is 0 Å². The van der Waals surface area contributed by atoms with Gasteiger partial charge in [0.2, 0.25) is 13.6 Å². The van der Waals surface area contributed by atoms with Crippen LogP contribution in [0.3, 0.4) is 0 Å². The Morgan fingerprint density at radius 3 is 1.70 bits per heavy atom. The Hall–Kier alpha value is -4.73. The van der Waals surface area contributed by atoms with Crippen molar-refractivity contribution in [3.8, 4) is 28.7 Å². The molecule has 0 spiro atoms. The number of hydrogen-bond acceptors (Lipinski definition) is 8. The summed E-state index contributed by atoms with van der Waals surface area (Å²) in [6.45, 7) is 0.0225. The molecule has 3 aromatic rings. The fraction of sp³-hybridized carbons (Fsp3) is 0.0870. The SMILES string of the molecule is O=C(O)c1ccc(N(C(=O)c2ccc3c(c2)OCO3)C(=O)c2ccc3c(c2)OCO3)cc1O. The van der Waals surface area contributed by atoms with E-state index in [0.717, 1.165) is 17.0 Å². The summed E-state index contributed by atoms with van der Waals surface area (Å²) >= 11 is 0. The fourth-order valence-corrected chi connectivity index (χ4v) is 3.48. The molecule has 10 heteroatoms. The molecule has 0 saturated carbocycles. The van der Waals surface area contributed by atoms with Crippen LogP contribution in [0.2, 0.25) is 0 Å². The molecule has 10 nitrogen and oxygen atoms in total. The first-order chi connectivity index (χ1) is 15.9. The summed E-state index contributed by atoms with van der Waals surface area (Å²) in [6, 6.07) is 12.3. The number of phenols is 1. The number of carbonyl (C=O) groups excluding carboxylic acids is 2. The second kappa shape index (κ2) is 7.75. The standard InChI is InChI=1S/C23H15NO9/c25-16-9-14(3-4-15(16)23(28)29)24(21(26)12-1-5-17-19(7-12)32-10-30-17)22(27)13-2-6-18-20(8-13)33-11-31-18/h1-9,25H,10-11H2,(H,28,29). The van der Waals surface area contributed by atoms with Crippen molar-refractivity contribution in [1.29, 1.82) is 0 Å². The molecule has 0 unspecified atom stereocenters. The highest BCUT2D eigenvalue weighted by Gasteiger charge is 2.30. The molecule has 0 atom stereocenters. The summed E-state index contributed by atoms with van der Waals surface area (Å²) in [4.78, 5) is 39.1. The van der Waals surface area contributed by atoms with Gasteiger partial charge >= 0.3 is 5.97 Å². The van der Waals surface area contributed by atoms with Crippen molar-refractivity contribution >= 4 is 23.5 Å². The molecular formula is C23H15NO9. The number of carboxylic acid groups (broad SMARTS) is 1. The van der Waals surface area contributed by atoms with Gasteiger partial charge in [0.25, 0.3) is 11.8 Å². The van der Waals surface area contributed by atoms with E-state index in [4.69, 9.17) is 18.9 Å². The molecule has 2 aliphatic rings. The molecule has 0 aromatic heterocycles. The van der Waals surface area contributed by atoms with Crippen LogP contribution >= 0.6 is 0 Å². The van der Waals surface area contributed by atoms with Crippen molar-refractivity contribution in [3.05, 3.63) is 71.3 Å². The second-order valence-electron chi connectivity index (χ2n) is 7.09. The van der Waals surface area contributed by atoms with Crippen molar-refractivity contribution in [2.45, 2.75) is 0 Å². The Labute approximate surface area is 186 Å². The van der Waals surface area contributed by atoms with Gasteiger partial charge in [-0.3, -0.25) is 9.59 Å². The Morgan fingerprint density at radius 2 is 1.21 bits per heavy atom. The third-order valence-corrected chi connectivity index (χ3v) is 5.12. The molecule has 2 N–H and O–H groups in total. The number of aromatic hydroxyl groups is 1. The smallest absolute Gasteiger partial charge is 0.339 e. The van der Waals surface area contributed by atoms with Crippen LogP contribution in [0.25, 0.3) is 0 Å². The summed E-state index contributed by atoms with van der Waals surface area (Å²) in [5.74, 6) is -1.78. The average molecular weight is 449 g/mol. The number of ether oxygens (including phenoxy) is 4. The van der Waals surface area contributed by atoms with Crippen molar-refractivity contribution in [2.75, 3.05) is 18.5 Å². The molecule has 0 aliphatic carbocycles. The normalized spacial score (nSPS) is 13.0. The summed E-state index contributed by atoms with van der Waals surface area (Å²) in [5, 5.41) is 19.4. The summed E-state index contributed by atoms with van der Waals surface area (Å²) in [5.41, 5.74) is -0.155. The van der Waals surface area contributed by atoms with Gasteiger partial charge < -0.3 is 29.2 Å². The molecule has 33 heavy (non-hydrogen) atoms. The third kappa shape index (κ3) is 3.53. The van der Waals surface area contributed by atoms with Gasteiger partial charge in [0.1, 0.15) is 11.3 Å². The van der Waals surface area contributed by atoms with Gasteiger partial charge in [-0.2, -0.15) is 0 Å². The Balaban J connectivity index is 1.58. The number of carboxylic acids is 1. The molecule has 0 radical (unpaired) electrons. The van der Waals surface area contributed by atoms with Gasteiger partial charge in [0.15, 0.2) is 23.0 Å². The number of imide groups is 1. The number of nitrogens with zero attached hydrogens (tertiary/aromatic N) is 1. The van der Waals surface area contributed by atoms with Gasteiger partial charge in [-0.1, -0.05) is 0 Å². The number of fused-ring (bicyclic) bond motifs is 2. The molecule has 3 aromatic carbocycles. The number of rotatable bonds is 4. The lowest BCUT2D eigenvalue weighted by atomic mass is 10.1. The first kappa shape index (κ1) is 20.2. The van der Waals surface area contributed by atoms with Crippen LogP contribution in [0.5, 0.6) is 28.7 Å². The van der Waals surface area contributed by atoms with E-state index in [-0.39, 0.29) is 36.0 Å². The van der Waals surface area contributed by atoms with Crippen molar-refractivity contribution in [1.82, 2.24) is 0 Å². The molecular weight excluding hydrogens is 434 g/mol. The lowest BCUT2D eigenvalue weighted by Crippen LogP contribution is -2.37. The zero-order valence-electron chi connectivity index (χ0n) is 16.8. The van der Waals surface area contributed by atoms with Gasteiger partial charge in [0.05, 0.1) is 5.69 Å². The molecule has 2 aliphatic heterocycles. The minimum atomic E-state index is -1.35. The lowest BCUT2D eigenvalue weighted by molar-refractivity contribution is 0.0693. The second-order valence-corrected chi connectivity index (χ2v) is 7.09. The number of aromatic carboxylic acids is 1. The zero-order chi connectivity index (χ0) is 23.1. The van der Waals surface area contributed by atoms with Crippen LogP contribution in [0.4, 0.5) is 5.69 Å². The molecule has 2 amide bonds. The number of anilines is 1. The monoisotopic (exact) mass is 449 g/mol. The van der Waals surface area contributed by atoms with Crippen LogP contribution in [-0.2, 0) is 0 Å². The topological polar surface area (TPSA) is 132 Å². The first-order valence-corrected chi connectivity index (χ1v) is 9.67. The highest BCUT2D eigenvalue weighted by Crippen LogP contribution is 2.36. The molecule has 0 saturated heterocycles. The molecule has 5 rings (SSSR count).